The van der Waals surface area contributed by atoms with E-state index in [1.165, 1.54) is 70.3 Å². The van der Waals surface area contributed by atoms with Crippen LogP contribution in [0.1, 0.15) is 141 Å². The standard InChI is InChI=1S/C51H75N6O12P/c1-5-6-7-8-9-10-11-12-13-14-15-16-17-20-27-48(59)65-38-42(39-67-70(63,64)66-36-35-57(2,3)4)68-49(60)28-21-18-19-26-47(58)52-37-40-29-31-41(32-30-40)43-24-22-23-25-44(43)53-45-33-34-46(56(61)62)51-50(45)54-69-55-51/h22-25,29-34,42H,5-21,26-28,35-39H2,1-4H3,(H2-,52,53,55,58,63,64)/p+1/t42-/m1/s1. The molecule has 0 bridgehead atoms. The van der Waals surface area contributed by atoms with E-state index in [1.54, 1.807) is 6.07 Å². The number of quaternary nitrogens is 1. The van der Waals surface area contributed by atoms with Gasteiger partial charge in [-0.1, -0.05) is 139 Å². The van der Waals surface area contributed by atoms with Gasteiger partial charge in [-0.3, -0.25) is 33.5 Å². The molecule has 3 aromatic carbocycles. The molecule has 0 aliphatic carbocycles. The fraction of sp³-hybridized carbons (Fsp3) is 0.588. The van der Waals surface area contributed by atoms with Crippen LogP contribution in [0.25, 0.3) is 22.2 Å². The molecule has 0 aliphatic heterocycles. The lowest BCUT2D eigenvalue weighted by molar-refractivity contribution is -0.870. The van der Waals surface area contributed by atoms with Gasteiger partial charge < -0.3 is 29.5 Å². The molecule has 0 fully saturated rings. The number of amides is 1. The summed E-state index contributed by atoms with van der Waals surface area (Å²) in [5, 5.41) is 25.2. The molecule has 1 amide bonds. The number of para-hydroxylation sites is 1. The third kappa shape index (κ3) is 22.7. The number of carbonyl (C=O) groups is 3. The van der Waals surface area contributed by atoms with E-state index < -0.39 is 37.4 Å². The molecule has 70 heavy (non-hydrogen) atoms. The molecule has 0 saturated carbocycles. The van der Waals surface area contributed by atoms with Gasteiger partial charge in [0.15, 0.2) is 11.6 Å². The second kappa shape index (κ2) is 31.2. The molecule has 0 radical (unpaired) electrons. The summed E-state index contributed by atoms with van der Waals surface area (Å²) in [6, 6.07) is 18.2. The number of carbonyl (C=O) groups excluding carboxylic acids is 3. The highest BCUT2D eigenvalue weighted by atomic mass is 31.2. The lowest BCUT2D eigenvalue weighted by Gasteiger charge is -2.24. The number of rotatable bonds is 37. The number of non-ortho nitro benzene ring substituents is 1. The lowest BCUT2D eigenvalue weighted by atomic mass is 10.0. The van der Waals surface area contributed by atoms with Crippen LogP contribution in [0.5, 0.6) is 0 Å². The number of likely N-dealkylation sites (N-methyl/N-ethyl adjacent to an activating group) is 1. The first-order valence-electron chi connectivity index (χ1n) is 25.0. The van der Waals surface area contributed by atoms with Crippen LogP contribution in [-0.4, -0.2) is 96.1 Å². The number of anilines is 2. The van der Waals surface area contributed by atoms with Crippen molar-refractivity contribution in [3.8, 4) is 11.1 Å². The maximum Gasteiger partial charge on any atom is 0.472 e. The van der Waals surface area contributed by atoms with Crippen molar-refractivity contribution < 1.29 is 56.4 Å². The van der Waals surface area contributed by atoms with Crippen LogP contribution in [0.3, 0.4) is 0 Å². The van der Waals surface area contributed by atoms with Gasteiger partial charge in [0.1, 0.15) is 19.8 Å². The Labute approximate surface area is 412 Å². The molecule has 4 rings (SSSR count). The van der Waals surface area contributed by atoms with Crippen molar-refractivity contribution in [2.24, 2.45) is 0 Å². The van der Waals surface area contributed by atoms with Gasteiger partial charge in [0, 0.05) is 43.1 Å². The van der Waals surface area contributed by atoms with Gasteiger partial charge >= 0.3 is 25.4 Å². The molecule has 4 aromatic rings. The van der Waals surface area contributed by atoms with E-state index in [1.807, 2.05) is 69.7 Å². The van der Waals surface area contributed by atoms with Crippen LogP contribution in [0.4, 0.5) is 17.1 Å². The highest BCUT2D eigenvalue weighted by Gasteiger charge is 2.27. The Kier molecular flexibility index (Phi) is 25.5. The van der Waals surface area contributed by atoms with Crippen molar-refractivity contribution in [3.63, 3.8) is 0 Å². The second-order valence-corrected chi connectivity index (χ2v) is 20.3. The summed E-state index contributed by atoms with van der Waals surface area (Å²) in [7, 11) is 1.27. The third-order valence-electron chi connectivity index (χ3n) is 11.7. The fourth-order valence-electron chi connectivity index (χ4n) is 7.64. The molecule has 3 N–H and O–H groups in total. The number of hydrogen-bond donors (Lipinski definition) is 3. The normalized spacial score (nSPS) is 12.9. The molecule has 0 aliphatic rings. The highest BCUT2D eigenvalue weighted by Crippen LogP contribution is 2.43. The molecular formula is C51H76N6O12P+. The molecule has 386 valence electrons. The number of benzene rings is 3. The predicted molar refractivity (Wildman–Crippen MR) is 269 cm³/mol. The topological polar surface area (TPSA) is 232 Å². The van der Waals surface area contributed by atoms with E-state index in [2.05, 4.69) is 27.9 Å². The van der Waals surface area contributed by atoms with Crippen LogP contribution < -0.4 is 10.6 Å². The van der Waals surface area contributed by atoms with Gasteiger partial charge in [0.25, 0.3) is 0 Å². The molecular weight excluding hydrogens is 920 g/mol. The molecule has 19 heteroatoms. The SMILES string of the molecule is CCCCCCCCCCCCCCCCC(=O)OC[C@H](COP(=O)(O)OCC[N+](C)(C)C)OC(=O)CCCCCC(=O)NCc1ccc(-c2ccccc2Nc2ccc([N+](=O)[O-])c3nonc23)cc1. The van der Waals surface area contributed by atoms with Crippen molar-refractivity contribution in [2.45, 2.75) is 148 Å². The molecule has 1 aromatic heterocycles. The second-order valence-electron chi connectivity index (χ2n) is 18.8. The monoisotopic (exact) mass is 996 g/mol. The molecule has 0 saturated heterocycles. The zero-order chi connectivity index (χ0) is 50.6. The zero-order valence-corrected chi connectivity index (χ0v) is 42.6. The summed E-state index contributed by atoms with van der Waals surface area (Å²) >= 11 is 0. The van der Waals surface area contributed by atoms with Crippen LogP contribution in [0.15, 0.2) is 65.3 Å². The van der Waals surface area contributed by atoms with Crippen molar-refractivity contribution in [3.05, 3.63) is 76.3 Å². The van der Waals surface area contributed by atoms with Gasteiger partial charge in [-0.05, 0) is 52.8 Å². The van der Waals surface area contributed by atoms with Crippen LogP contribution >= 0.6 is 7.82 Å². The number of unbranched alkanes of at least 4 members (excludes halogenated alkanes) is 15. The lowest BCUT2D eigenvalue weighted by Crippen LogP contribution is -2.37. The average Bonchev–Trinajstić information content (AvgIpc) is 3.82. The first-order chi connectivity index (χ1) is 33.6. The number of nitro groups is 1. The first kappa shape index (κ1) is 57.3. The Morgan fingerprint density at radius 1 is 0.729 bits per heavy atom. The minimum atomic E-state index is -4.47. The fourth-order valence-corrected chi connectivity index (χ4v) is 8.38. The highest BCUT2D eigenvalue weighted by molar-refractivity contribution is 7.47. The van der Waals surface area contributed by atoms with Crippen LogP contribution in [0.2, 0.25) is 0 Å². The number of aromatic nitrogens is 2. The Bertz CT molecular complexity index is 2250. The van der Waals surface area contributed by atoms with Crippen molar-refractivity contribution in [1.82, 2.24) is 15.6 Å². The Hall–Kier alpha value is -5.26. The Balaban J connectivity index is 1.14. The summed E-state index contributed by atoms with van der Waals surface area (Å²) in [5.41, 5.74) is 3.97. The van der Waals surface area contributed by atoms with Gasteiger partial charge in [0.05, 0.1) is 38.4 Å². The van der Waals surface area contributed by atoms with E-state index in [-0.39, 0.29) is 55.1 Å². The minimum absolute atomic E-state index is 0.0287. The van der Waals surface area contributed by atoms with Gasteiger partial charge in [-0.25, -0.2) is 9.19 Å². The Morgan fingerprint density at radius 3 is 1.96 bits per heavy atom. The van der Waals surface area contributed by atoms with Crippen molar-refractivity contribution >= 4 is 53.8 Å². The quantitative estimate of drug-likeness (QED) is 0.00952. The predicted octanol–water partition coefficient (Wildman–Crippen LogP) is 11.3. The minimum Gasteiger partial charge on any atom is -0.462 e. The first-order valence-corrected chi connectivity index (χ1v) is 26.5. The number of nitrogens with zero attached hydrogens (tertiary/aromatic N) is 4. The van der Waals surface area contributed by atoms with Crippen molar-refractivity contribution in [1.29, 1.82) is 0 Å². The smallest absolute Gasteiger partial charge is 0.462 e. The number of nitrogens with one attached hydrogen (secondary N) is 2. The molecule has 0 spiro atoms. The summed E-state index contributed by atoms with van der Waals surface area (Å²) in [4.78, 5) is 59.3. The molecule has 2 atom stereocenters. The number of fused-ring (bicyclic) bond motifs is 1. The average molecular weight is 996 g/mol. The summed E-state index contributed by atoms with van der Waals surface area (Å²) < 4.78 is 39.1. The molecule has 18 nitrogen and oxygen atoms in total. The van der Waals surface area contributed by atoms with E-state index in [0.717, 1.165) is 41.6 Å². The number of phosphoric ester groups is 1. The summed E-state index contributed by atoms with van der Waals surface area (Å²) in [5.74, 6) is -1.16. The third-order valence-corrected chi connectivity index (χ3v) is 12.7. The largest absolute Gasteiger partial charge is 0.472 e. The van der Waals surface area contributed by atoms with Gasteiger partial charge in [-0.2, -0.15) is 0 Å². The van der Waals surface area contributed by atoms with E-state index in [4.69, 9.17) is 23.2 Å². The molecule has 1 heterocycles. The number of phosphoric acid groups is 1. The van der Waals surface area contributed by atoms with Gasteiger partial charge in [-0.15, -0.1) is 0 Å². The molecule has 1 unspecified atom stereocenters. The number of esters is 2. The number of nitro benzene ring substituents is 1. The zero-order valence-electron chi connectivity index (χ0n) is 41.7. The van der Waals surface area contributed by atoms with Gasteiger partial charge in [0.2, 0.25) is 11.4 Å². The van der Waals surface area contributed by atoms with Crippen molar-refractivity contribution in [2.75, 3.05) is 52.8 Å². The van der Waals surface area contributed by atoms with Crippen LogP contribution in [-0.2, 0) is 44.0 Å². The van der Waals surface area contributed by atoms with E-state index in [0.29, 0.717) is 48.9 Å². The maximum atomic E-state index is 12.9. The number of ether oxygens (including phenoxy) is 2. The van der Waals surface area contributed by atoms with E-state index >= 15 is 0 Å². The summed E-state index contributed by atoms with van der Waals surface area (Å²) in [6.07, 6.45) is 17.8. The maximum absolute atomic E-state index is 12.9. The summed E-state index contributed by atoms with van der Waals surface area (Å²) in [6.45, 7) is 2.16. The van der Waals surface area contributed by atoms with Crippen LogP contribution in [0, 0.1) is 10.1 Å². The Morgan fingerprint density at radius 2 is 1.31 bits per heavy atom. The number of hydrogen-bond acceptors (Lipinski definition) is 14. The van der Waals surface area contributed by atoms with E-state index in [9.17, 15) is 34.0 Å².